The van der Waals surface area contributed by atoms with Gasteiger partial charge in [0.2, 0.25) is 0 Å². The Labute approximate surface area is 103 Å². The summed E-state index contributed by atoms with van der Waals surface area (Å²) in [5.41, 5.74) is 0. The average Bonchev–Trinajstić information content (AvgIpc) is 2.27. The normalized spacial score (nSPS) is 13.9. The predicted molar refractivity (Wildman–Crippen MR) is 67.0 cm³/mol. The Balaban J connectivity index is 4.34. The number of carbonyl (C=O) groups excluding carboxylic acids is 1. The van der Waals surface area contributed by atoms with Crippen molar-refractivity contribution in [2.24, 2.45) is 0 Å². The zero-order valence-corrected chi connectivity index (χ0v) is 11.2. The van der Waals surface area contributed by atoms with Crippen LogP contribution in [0, 0.1) is 0 Å². The highest BCUT2D eigenvalue weighted by atomic mass is 16.4. The molecule has 0 rings (SSSR count). The highest BCUT2D eigenvalue weighted by molar-refractivity contribution is 5.82. The van der Waals surface area contributed by atoms with Gasteiger partial charge in [0.1, 0.15) is 6.04 Å². The minimum atomic E-state index is -0.975. The maximum absolute atomic E-state index is 11.8. The average molecular weight is 244 g/mol. The summed E-state index contributed by atoms with van der Waals surface area (Å²) >= 11 is 0. The summed E-state index contributed by atoms with van der Waals surface area (Å²) in [6, 6.07) is -0.980. The van der Waals surface area contributed by atoms with Gasteiger partial charge >= 0.3 is 12.0 Å². The summed E-state index contributed by atoms with van der Waals surface area (Å²) in [6.45, 7) is 5.91. The van der Waals surface area contributed by atoms with Crippen molar-refractivity contribution in [1.82, 2.24) is 10.2 Å². The second kappa shape index (κ2) is 7.92. The SMILES string of the molecule is CCCC(C)N(C)C(=O)N[C@H](CCC)C(=O)O. The molecule has 2 atom stereocenters. The molecule has 0 aromatic rings. The summed E-state index contributed by atoms with van der Waals surface area (Å²) in [5, 5.41) is 11.5. The number of aliphatic carboxylic acids is 1. The van der Waals surface area contributed by atoms with Crippen molar-refractivity contribution < 1.29 is 14.7 Å². The molecule has 100 valence electrons. The minimum Gasteiger partial charge on any atom is -0.480 e. The third-order valence-corrected chi connectivity index (χ3v) is 2.86. The maximum Gasteiger partial charge on any atom is 0.326 e. The van der Waals surface area contributed by atoms with E-state index in [1.807, 2.05) is 13.8 Å². The van der Waals surface area contributed by atoms with Crippen molar-refractivity contribution in [3.05, 3.63) is 0 Å². The highest BCUT2D eigenvalue weighted by Crippen LogP contribution is 2.05. The summed E-state index contributed by atoms with van der Waals surface area (Å²) in [4.78, 5) is 24.3. The number of carboxylic acid groups (broad SMARTS) is 1. The van der Waals surface area contributed by atoms with Gasteiger partial charge in [-0.1, -0.05) is 26.7 Å². The molecule has 17 heavy (non-hydrogen) atoms. The lowest BCUT2D eigenvalue weighted by Gasteiger charge is -2.26. The second-order valence-corrected chi connectivity index (χ2v) is 4.38. The molecule has 0 aliphatic rings. The first-order valence-electron chi connectivity index (χ1n) is 6.20. The number of urea groups is 1. The number of amides is 2. The van der Waals surface area contributed by atoms with Crippen LogP contribution in [0.4, 0.5) is 4.79 Å². The molecule has 0 heterocycles. The topological polar surface area (TPSA) is 69.6 Å². The van der Waals surface area contributed by atoms with Crippen LogP contribution in [-0.2, 0) is 4.79 Å². The summed E-state index contributed by atoms with van der Waals surface area (Å²) < 4.78 is 0. The van der Waals surface area contributed by atoms with E-state index in [0.717, 1.165) is 19.3 Å². The van der Waals surface area contributed by atoms with Crippen molar-refractivity contribution in [3.8, 4) is 0 Å². The van der Waals surface area contributed by atoms with Crippen LogP contribution < -0.4 is 5.32 Å². The third kappa shape index (κ3) is 5.56. The van der Waals surface area contributed by atoms with Crippen LogP contribution in [-0.4, -0.2) is 41.1 Å². The fourth-order valence-corrected chi connectivity index (χ4v) is 1.61. The molecule has 0 aliphatic heterocycles. The molecular weight excluding hydrogens is 220 g/mol. The Morgan fingerprint density at radius 3 is 2.18 bits per heavy atom. The van der Waals surface area contributed by atoms with Crippen LogP contribution in [0.15, 0.2) is 0 Å². The third-order valence-electron chi connectivity index (χ3n) is 2.86. The van der Waals surface area contributed by atoms with Crippen molar-refractivity contribution in [1.29, 1.82) is 0 Å². The Morgan fingerprint density at radius 1 is 1.24 bits per heavy atom. The van der Waals surface area contributed by atoms with E-state index in [1.165, 1.54) is 0 Å². The number of nitrogens with zero attached hydrogens (tertiary/aromatic N) is 1. The van der Waals surface area contributed by atoms with Gasteiger partial charge in [-0.25, -0.2) is 9.59 Å². The molecule has 0 aliphatic carbocycles. The summed E-state index contributed by atoms with van der Waals surface area (Å²) in [7, 11) is 1.69. The van der Waals surface area contributed by atoms with E-state index in [9.17, 15) is 9.59 Å². The molecule has 0 spiro atoms. The Kier molecular flexibility index (Phi) is 7.34. The molecule has 2 amide bonds. The van der Waals surface area contributed by atoms with E-state index >= 15 is 0 Å². The standard InChI is InChI=1S/C12H24N2O3/c1-5-7-9(3)14(4)12(17)13-10(8-6-2)11(15)16/h9-10H,5-8H2,1-4H3,(H,13,17)(H,15,16)/t9?,10-/m1/s1. The Bertz CT molecular complexity index is 256. The molecule has 5 nitrogen and oxygen atoms in total. The molecule has 0 bridgehead atoms. The van der Waals surface area contributed by atoms with E-state index < -0.39 is 12.0 Å². The van der Waals surface area contributed by atoms with E-state index in [2.05, 4.69) is 12.2 Å². The van der Waals surface area contributed by atoms with Crippen molar-refractivity contribution in [2.75, 3.05) is 7.05 Å². The molecule has 0 saturated carbocycles. The summed E-state index contributed by atoms with van der Waals surface area (Å²) in [6.07, 6.45) is 3.09. The molecular formula is C12H24N2O3. The van der Waals surface area contributed by atoms with Crippen molar-refractivity contribution in [2.45, 2.75) is 58.5 Å². The van der Waals surface area contributed by atoms with Crippen LogP contribution in [0.5, 0.6) is 0 Å². The number of carbonyl (C=O) groups is 2. The largest absolute Gasteiger partial charge is 0.480 e. The lowest BCUT2D eigenvalue weighted by atomic mass is 10.1. The highest BCUT2D eigenvalue weighted by Gasteiger charge is 2.22. The van der Waals surface area contributed by atoms with E-state index in [4.69, 9.17) is 5.11 Å². The second-order valence-electron chi connectivity index (χ2n) is 4.38. The van der Waals surface area contributed by atoms with Gasteiger partial charge < -0.3 is 15.3 Å². The van der Waals surface area contributed by atoms with E-state index in [-0.39, 0.29) is 12.1 Å². The Hall–Kier alpha value is -1.26. The molecule has 0 radical (unpaired) electrons. The number of hydrogen-bond acceptors (Lipinski definition) is 2. The first-order chi connectivity index (χ1) is 7.93. The minimum absolute atomic E-state index is 0.121. The Morgan fingerprint density at radius 2 is 1.76 bits per heavy atom. The fraction of sp³-hybridized carbons (Fsp3) is 0.833. The van der Waals surface area contributed by atoms with Gasteiger partial charge in [0.05, 0.1) is 0 Å². The quantitative estimate of drug-likeness (QED) is 0.720. The van der Waals surface area contributed by atoms with Crippen LogP contribution in [0.1, 0.15) is 46.5 Å². The van der Waals surface area contributed by atoms with Gasteiger partial charge in [-0.05, 0) is 19.8 Å². The van der Waals surface area contributed by atoms with Gasteiger partial charge in [0.25, 0.3) is 0 Å². The van der Waals surface area contributed by atoms with Gasteiger partial charge in [0, 0.05) is 13.1 Å². The lowest BCUT2D eigenvalue weighted by molar-refractivity contribution is -0.139. The van der Waals surface area contributed by atoms with Gasteiger partial charge in [-0.3, -0.25) is 0 Å². The molecule has 5 heteroatoms. The van der Waals surface area contributed by atoms with E-state index in [0.29, 0.717) is 6.42 Å². The maximum atomic E-state index is 11.8. The van der Waals surface area contributed by atoms with Crippen LogP contribution >= 0.6 is 0 Å². The van der Waals surface area contributed by atoms with Crippen molar-refractivity contribution >= 4 is 12.0 Å². The first kappa shape index (κ1) is 15.7. The van der Waals surface area contributed by atoms with E-state index in [1.54, 1.807) is 11.9 Å². The number of hydrogen-bond donors (Lipinski definition) is 2. The lowest BCUT2D eigenvalue weighted by Crippen LogP contribution is -2.49. The van der Waals surface area contributed by atoms with Gasteiger partial charge in [-0.2, -0.15) is 0 Å². The molecule has 0 aromatic carbocycles. The monoisotopic (exact) mass is 244 g/mol. The summed E-state index contributed by atoms with van der Waals surface area (Å²) in [5.74, 6) is -0.975. The predicted octanol–water partition coefficient (Wildman–Crippen LogP) is 2.07. The molecule has 2 N–H and O–H groups in total. The van der Waals surface area contributed by atoms with Crippen LogP contribution in [0.3, 0.4) is 0 Å². The number of rotatable bonds is 7. The zero-order valence-electron chi connectivity index (χ0n) is 11.2. The molecule has 0 fully saturated rings. The molecule has 0 saturated heterocycles. The van der Waals surface area contributed by atoms with Crippen LogP contribution in [0.2, 0.25) is 0 Å². The van der Waals surface area contributed by atoms with Crippen molar-refractivity contribution in [3.63, 3.8) is 0 Å². The number of carboxylic acids is 1. The zero-order chi connectivity index (χ0) is 13.4. The van der Waals surface area contributed by atoms with Crippen LogP contribution in [0.25, 0.3) is 0 Å². The fourth-order valence-electron chi connectivity index (χ4n) is 1.61. The molecule has 1 unspecified atom stereocenters. The number of nitrogens with one attached hydrogen (secondary N) is 1. The van der Waals surface area contributed by atoms with Gasteiger partial charge in [0.15, 0.2) is 0 Å². The molecule has 0 aromatic heterocycles. The first-order valence-corrected chi connectivity index (χ1v) is 6.20. The van der Waals surface area contributed by atoms with Gasteiger partial charge in [-0.15, -0.1) is 0 Å². The smallest absolute Gasteiger partial charge is 0.326 e.